The molecule has 2 atom stereocenters. The van der Waals surface area contributed by atoms with Gasteiger partial charge in [-0.2, -0.15) is 0 Å². The first-order valence-corrected chi connectivity index (χ1v) is 5.40. The van der Waals surface area contributed by atoms with Crippen LogP contribution in [0.25, 0.3) is 0 Å². The minimum Gasteiger partial charge on any atom is -0.346 e. The van der Waals surface area contributed by atoms with Gasteiger partial charge in [-0.3, -0.25) is 0 Å². The van der Waals surface area contributed by atoms with Gasteiger partial charge in [0.1, 0.15) is 5.82 Å². The standard InChI is InChI=1S/C10H9Cl2FO2/c11-4-7-5-14-10(15-7)6-1-2-9(13)8(12)3-6/h1-3,7,10H,4-5H2. The molecule has 1 aromatic carbocycles. The van der Waals surface area contributed by atoms with Crippen molar-refractivity contribution in [1.82, 2.24) is 0 Å². The summed E-state index contributed by atoms with van der Waals surface area (Å²) in [5.41, 5.74) is 0.703. The van der Waals surface area contributed by atoms with Crippen LogP contribution >= 0.6 is 23.2 Å². The molecule has 0 N–H and O–H groups in total. The second-order valence-electron chi connectivity index (χ2n) is 3.25. The molecule has 2 nitrogen and oxygen atoms in total. The van der Waals surface area contributed by atoms with Gasteiger partial charge in [0, 0.05) is 5.56 Å². The molecule has 1 aliphatic rings. The summed E-state index contributed by atoms with van der Waals surface area (Å²) in [4.78, 5) is 0. The summed E-state index contributed by atoms with van der Waals surface area (Å²) in [6, 6.07) is 4.37. The summed E-state index contributed by atoms with van der Waals surface area (Å²) >= 11 is 11.3. The molecule has 1 aliphatic heterocycles. The molecule has 1 saturated heterocycles. The van der Waals surface area contributed by atoms with Gasteiger partial charge in [0.15, 0.2) is 6.29 Å². The second-order valence-corrected chi connectivity index (χ2v) is 3.97. The zero-order valence-electron chi connectivity index (χ0n) is 7.75. The lowest BCUT2D eigenvalue weighted by molar-refractivity contribution is -0.0567. The Morgan fingerprint density at radius 3 is 2.87 bits per heavy atom. The maximum absolute atomic E-state index is 12.9. The monoisotopic (exact) mass is 250 g/mol. The number of alkyl halides is 1. The Hall–Kier alpha value is -0.350. The first-order chi connectivity index (χ1) is 7.20. The van der Waals surface area contributed by atoms with Gasteiger partial charge in [0.2, 0.25) is 0 Å². The highest BCUT2D eigenvalue weighted by Gasteiger charge is 2.26. The molecule has 1 aromatic rings. The summed E-state index contributed by atoms with van der Waals surface area (Å²) in [7, 11) is 0. The lowest BCUT2D eigenvalue weighted by Crippen LogP contribution is -2.10. The summed E-state index contributed by atoms with van der Waals surface area (Å²) in [6.07, 6.45) is -0.604. The quantitative estimate of drug-likeness (QED) is 0.752. The van der Waals surface area contributed by atoms with Crippen molar-refractivity contribution in [2.24, 2.45) is 0 Å². The van der Waals surface area contributed by atoms with E-state index in [2.05, 4.69) is 0 Å². The van der Waals surface area contributed by atoms with Crippen molar-refractivity contribution in [2.75, 3.05) is 12.5 Å². The van der Waals surface area contributed by atoms with Crippen LogP contribution in [-0.4, -0.2) is 18.6 Å². The lowest BCUT2D eigenvalue weighted by atomic mass is 10.2. The summed E-state index contributed by atoms with van der Waals surface area (Å²) in [5, 5.41) is 0.0639. The van der Waals surface area contributed by atoms with Gasteiger partial charge in [0.25, 0.3) is 0 Å². The molecule has 0 spiro atoms. The van der Waals surface area contributed by atoms with Crippen LogP contribution in [0.5, 0.6) is 0 Å². The average Bonchev–Trinajstić information content (AvgIpc) is 2.70. The van der Waals surface area contributed by atoms with E-state index >= 15 is 0 Å². The molecule has 1 fully saturated rings. The van der Waals surface area contributed by atoms with Crippen LogP contribution in [-0.2, 0) is 9.47 Å². The van der Waals surface area contributed by atoms with Crippen molar-refractivity contribution in [1.29, 1.82) is 0 Å². The molecule has 0 aromatic heterocycles. The maximum Gasteiger partial charge on any atom is 0.184 e. The number of ether oxygens (including phenoxy) is 2. The number of halogens is 3. The highest BCUT2D eigenvalue weighted by molar-refractivity contribution is 6.30. The van der Waals surface area contributed by atoms with Gasteiger partial charge in [-0.1, -0.05) is 17.7 Å². The Morgan fingerprint density at radius 2 is 2.27 bits per heavy atom. The molecular weight excluding hydrogens is 242 g/mol. The van der Waals surface area contributed by atoms with E-state index in [1.165, 1.54) is 12.1 Å². The van der Waals surface area contributed by atoms with Gasteiger partial charge in [-0.25, -0.2) is 4.39 Å². The Labute approximate surface area is 96.9 Å². The van der Waals surface area contributed by atoms with E-state index in [-0.39, 0.29) is 11.1 Å². The van der Waals surface area contributed by atoms with Gasteiger partial charge >= 0.3 is 0 Å². The van der Waals surface area contributed by atoms with Crippen LogP contribution in [0.2, 0.25) is 5.02 Å². The van der Waals surface area contributed by atoms with Crippen LogP contribution in [0.1, 0.15) is 11.9 Å². The van der Waals surface area contributed by atoms with Crippen LogP contribution in [0.4, 0.5) is 4.39 Å². The topological polar surface area (TPSA) is 18.5 Å². The molecule has 0 aliphatic carbocycles. The van der Waals surface area contributed by atoms with E-state index < -0.39 is 12.1 Å². The predicted molar refractivity (Wildman–Crippen MR) is 55.7 cm³/mol. The normalized spacial score (nSPS) is 25.8. The van der Waals surface area contributed by atoms with E-state index in [1.807, 2.05) is 0 Å². The molecule has 2 rings (SSSR count). The average molecular weight is 251 g/mol. The molecule has 1 heterocycles. The van der Waals surface area contributed by atoms with Crippen molar-refractivity contribution >= 4 is 23.2 Å². The minimum atomic E-state index is -0.494. The summed E-state index contributed by atoms with van der Waals surface area (Å²) in [6.45, 7) is 0.448. The fourth-order valence-electron chi connectivity index (χ4n) is 1.36. The van der Waals surface area contributed by atoms with Crippen molar-refractivity contribution in [3.8, 4) is 0 Å². The lowest BCUT2D eigenvalue weighted by Gasteiger charge is -2.10. The molecule has 0 amide bonds. The third-order valence-corrected chi connectivity index (χ3v) is 2.77. The highest BCUT2D eigenvalue weighted by atomic mass is 35.5. The smallest absolute Gasteiger partial charge is 0.184 e. The Balaban J connectivity index is 2.13. The fraction of sp³-hybridized carbons (Fsp3) is 0.400. The molecule has 2 unspecified atom stereocenters. The van der Waals surface area contributed by atoms with Gasteiger partial charge in [-0.15, -0.1) is 11.6 Å². The van der Waals surface area contributed by atoms with Crippen LogP contribution in [0.3, 0.4) is 0 Å². The number of rotatable bonds is 2. The van der Waals surface area contributed by atoms with Crippen molar-refractivity contribution in [3.05, 3.63) is 34.6 Å². The number of benzene rings is 1. The van der Waals surface area contributed by atoms with E-state index in [0.29, 0.717) is 18.1 Å². The summed E-state index contributed by atoms with van der Waals surface area (Å²) < 4.78 is 23.7. The molecule has 0 radical (unpaired) electrons. The second kappa shape index (κ2) is 4.66. The van der Waals surface area contributed by atoms with E-state index in [1.54, 1.807) is 6.07 Å². The van der Waals surface area contributed by atoms with Crippen molar-refractivity contribution < 1.29 is 13.9 Å². The zero-order chi connectivity index (χ0) is 10.8. The fourth-order valence-corrected chi connectivity index (χ4v) is 1.71. The Bertz CT molecular complexity index is 359. The van der Waals surface area contributed by atoms with Crippen LogP contribution < -0.4 is 0 Å². The molecule has 82 valence electrons. The number of hydrogen-bond acceptors (Lipinski definition) is 2. The van der Waals surface area contributed by atoms with Crippen molar-refractivity contribution in [3.63, 3.8) is 0 Å². The molecular formula is C10H9Cl2FO2. The Kier molecular flexibility index (Phi) is 3.46. The molecule has 0 bridgehead atoms. The molecule has 0 saturated carbocycles. The largest absolute Gasteiger partial charge is 0.346 e. The van der Waals surface area contributed by atoms with E-state index in [9.17, 15) is 4.39 Å². The zero-order valence-corrected chi connectivity index (χ0v) is 9.26. The van der Waals surface area contributed by atoms with Crippen molar-refractivity contribution in [2.45, 2.75) is 12.4 Å². The first kappa shape index (κ1) is 11.1. The van der Waals surface area contributed by atoms with Gasteiger partial charge < -0.3 is 9.47 Å². The number of hydrogen-bond donors (Lipinski definition) is 0. The molecule has 5 heteroatoms. The van der Waals surface area contributed by atoms with Crippen LogP contribution in [0, 0.1) is 5.82 Å². The Morgan fingerprint density at radius 1 is 1.47 bits per heavy atom. The first-order valence-electron chi connectivity index (χ1n) is 4.48. The van der Waals surface area contributed by atoms with Crippen LogP contribution in [0.15, 0.2) is 18.2 Å². The highest BCUT2D eigenvalue weighted by Crippen LogP contribution is 2.29. The third-order valence-electron chi connectivity index (χ3n) is 2.14. The van der Waals surface area contributed by atoms with Gasteiger partial charge in [0.05, 0.1) is 23.6 Å². The third kappa shape index (κ3) is 2.42. The SMILES string of the molecule is Fc1ccc(C2OCC(CCl)O2)cc1Cl. The molecule has 15 heavy (non-hydrogen) atoms. The van der Waals surface area contributed by atoms with E-state index in [4.69, 9.17) is 32.7 Å². The summed E-state index contributed by atoms with van der Waals surface area (Å²) in [5.74, 6) is -0.0712. The van der Waals surface area contributed by atoms with E-state index in [0.717, 1.165) is 0 Å². The maximum atomic E-state index is 12.9. The predicted octanol–water partition coefficient (Wildman–Crippen LogP) is 3.13. The van der Waals surface area contributed by atoms with Gasteiger partial charge in [-0.05, 0) is 12.1 Å². The minimum absolute atomic E-state index is 0.0639.